The van der Waals surface area contributed by atoms with Gasteiger partial charge in [0.2, 0.25) is 5.91 Å². The number of carboxylic acid groups (broad SMARTS) is 1. The molecule has 2 atom stereocenters. The van der Waals surface area contributed by atoms with Gasteiger partial charge in [0.15, 0.2) is 0 Å². The summed E-state index contributed by atoms with van der Waals surface area (Å²) < 4.78 is 5.55. The van der Waals surface area contributed by atoms with Crippen molar-refractivity contribution in [2.45, 2.75) is 56.7 Å². The molecule has 8 nitrogen and oxygen atoms in total. The van der Waals surface area contributed by atoms with E-state index in [0.717, 1.165) is 22.3 Å². The number of carbonyl (C=O) groups excluding carboxylic acids is 2. The van der Waals surface area contributed by atoms with Gasteiger partial charge in [-0.15, -0.1) is 0 Å². The van der Waals surface area contributed by atoms with Crippen molar-refractivity contribution in [3.05, 3.63) is 59.7 Å². The molecular weight excluding hydrogens is 436 g/mol. The van der Waals surface area contributed by atoms with Gasteiger partial charge < -0.3 is 25.2 Å². The van der Waals surface area contributed by atoms with Crippen LogP contribution in [0.4, 0.5) is 4.79 Å². The van der Waals surface area contributed by atoms with E-state index in [0.29, 0.717) is 13.0 Å². The van der Waals surface area contributed by atoms with Crippen molar-refractivity contribution in [3.8, 4) is 11.1 Å². The normalized spacial score (nSPS) is 19.3. The second kappa shape index (κ2) is 9.46. The van der Waals surface area contributed by atoms with Crippen LogP contribution < -0.4 is 5.32 Å². The van der Waals surface area contributed by atoms with Crippen molar-refractivity contribution >= 4 is 18.0 Å². The highest BCUT2D eigenvalue weighted by Gasteiger charge is 2.45. The minimum atomic E-state index is -1.06. The van der Waals surface area contributed by atoms with Gasteiger partial charge in [0, 0.05) is 18.9 Å². The summed E-state index contributed by atoms with van der Waals surface area (Å²) >= 11 is 0. The lowest BCUT2D eigenvalue weighted by Gasteiger charge is -2.36. The van der Waals surface area contributed by atoms with Crippen LogP contribution in [0.25, 0.3) is 11.1 Å². The van der Waals surface area contributed by atoms with Gasteiger partial charge >= 0.3 is 12.1 Å². The Morgan fingerprint density at radius 1 is 1.09 bits per heavy atom. The number of nitrogens with zero attached hydrogens (tertiary/aromatic N) is 1. The van der Waals surface area contributed by atoms with Crippen LogP contribution in [0.3, 0.4) is 0 Å². The summed E-state index contributed by atoms with van der Waals surface area (Å²) in [5, 5.41) is 21.9. The lowest BCUT2D eigenvalue weighted by Crippen LogP contribution is -2.55. The third-order valence-electron chi connectivity index (χ3n) is 6.98. The smallest absolute Gasteiger partial charge is 0.407 e. The Bertz CT molecular complexity index is 1050. The fourth-order valence-electron chi connectivity index (χ4n) is 4.96. The zero-order chi connectivity index (χ0) is 24.5. The molecule has 8 heteroatoms. The number of alkyl carbamates (subject to hydrolysis) is 1. The third-order valence-corrected chi connectivity index (χ3v) is 6.98. The Hall–Kier alpha value is -3.39. The van der Waals surface area contributed by atoms with E-state index in [1.165, 1.54) is 4.90 Å². The summed E-state index contributed by atoms with van der Waals surface area (Å²) in [5.74, 6) is -1.61. The molecule has 2 unspecified atom stereocenters. The lowest BCUT2D eigenvalue weighted by molar-refractivity contribution is -0.140. The highest BCUT2D eigenvalue weighted by Crippen LogP contribution is 2.44. The third kappa shape index (κ3) is 4.50. The summed E-state index contributed by atoms with van der Waals surface area (Å²) in [4.78, 5) is 38.6. The molecule has 2 aromatic carbocycles. The first-order chi connectivity index (χ1) is 16.2. The van der Waals surface area contributed by atoms with Crippen molar-refractivity contribution < 1.29 is 29.3 Å². The molecule has 0 radical (unpaired) electrons. The monoisotopic (exact) mass is 466 g/mol. The number of hydrogen-bond acceptors (Lipinski definition) is 5. The fourth-order valence-corrected chi connectivity index (χ4v) is 4.96. The highest BCUT2D eigenvalue weighted by atomic mass is 16.5. The molecule has 2 aliphatic rings. The minimum absolute atomic E-state index is 0.0684. The number of rotatable bonds is 7. The number of ether oxygens (including phenoxy) is 1. The van der Waals surface area contributed by atoms with Gasteiger partial charge in [0.1, 0.15) is 12.6 Å². The molecule has 180 valence electrons. The average Bonchev–Trinajstić information content (AvgIpc) is 3.27. The average molecular weight is 467 g/mol. The number of likely N-dealkylation sites (tertiary alicyclic amines) is 1. The molecule has 1 aliphatic heterocycles. The summed E-state index contributed by atoms with van der Waals surface area (Å²) in [6, 6.07) is 14.9. The van der Waals surface area contributed by atoms with E-state index < -0.39 is 35.7 Å². The number of hydrogen-bond donors (Lipinski definition) is 3. The molecule has 0 spiro atoms. The molecule has 2 amide bonds. The Kier molecular flexibility index (Phi) is 6.61. The topological polar surface area (TPSA) is 116 Å². The van der Waals surface area contributed by atoms with Crippen LogP contribution in [0.2, 0.25) is 0 Å². The largest absolute Gasteiger partial charge is 0.481 e. The molecule has 3 N–H and O–H groups in total. The summed E-state index contributed by atoms with van der Waals surface area (Å²) in [6.07, 6.45) is -1.39. The maximum absolute atomic E-state index is 13.2. The number of aliphatic hydroxyl groups is 1. The zero-order valence-corrected chi connectivity index (χ0v) is 19.4. The number of aliphatic carboxylic acids is 1. The maximum Gasteiger partial charge on any atom is 0.407 e. The minimum Gasteiger partial charge on any atom is -0.481 e. The van der Waals surface area contributed by atoms with Crippen LogP contribution in [-0.4, -0.2) is 63.9 Å². The SMILES string of the molecule is CC1(C)C(O)CCN1C(=O)C(CCC(=O)O)NC(=O)OCC1c2ccccc2-c2ccccc21. The summed E-state index contributed by atoms with van der Waals surface area (Å²) in [6.45, 7) is 3.94. The number of carbonyl (C=O) groups is 3. The number of aliphatic hydroxyl groups excluding tert-OH is 1. The van der Waals surface area contributed by atoms with Gasteiger partial charge in [0.05, 0.1) is 11.6 Å². The van der Waals surface area contributed by atoms with Crippen molar-refractivity contribution in [2.75, 3.05) is 13.2 Å². The Morgan fingerprint density at radius 3 is 2.21 bits per heavy atom. The predicted octanol–water partition coefficient (Wildman–Crippen LogP) is 3.13. The molecule has 1 heterocycles. The van der Waals surface area contributed by atoms with Crippen molar-refractivity contribution in [3.63, 3.8) is 0 Å². The summed E-state index contributed by atoms with van der Waals surface area (Å²) in [5.41, 5.74) is 3.56. The number of nitrogens with one attached hydrogen (secondary N) is 1. The van der Waals surface area contributed by atoms with Gasteiger partial charge in [-0.2, -0.15) is 0 Å². The summed E-state index contributed by atoms with van der Waals surface area (Å²) in [7, 11) is 0. The van der Waals surface area contributed by atoms with E-state index in [2.05, 4.69) is 5.32 Å². The van der Waals surface area contributed by atoms with Gasteiger partial charge in [0.25, 0.3) is 0 Å². The maximum atomic E-state index is 13.2. The molecule has 0 aromatic heterocycles. The molecule has 0 saturated carbocycles. The van der Waals surface area contributed by atoms with E-state index in [-0.39, 0.29) is 25.4 Å². The molecule has 1 fully saturated rings. The Balaban J connectivity index is 1.45. The van der Waals surface area contributed by atoms with Gasteiger partial charge in [-0.25, -0.2) is 4.79 Å². The number of benzene rings is 2. The van der Waals surface area contributed by atoms with E-state index in [1.807, 2.05) is 48.5 Å². The van der Waals surface area contributed by atoms with Gasteiger partial charge in [-0.3, -0.25) is 9.59 Å². The molecule has 1 aliphatic carbocycles. The standard InChI is InChI=1S/C26H30N2O6/c1-26(2)22(29)13-14-28(26)24(32)21(11-12-23(30)31)27-25(33)34-15-20-18-9-5-3-7-16(18)17-8-4-6-10-19(17)20/h3-10,20-22,29H,11-15H2,1-2H3,(H,27,33)(H,30,31). The number of fused-ring (bicyclic) bond motifs is 3. The van der Waals surface area contributed by atoms with Gasteiger partial charge in [-0.05, 0) is 48.9 Å². The van der Waals surface area contributed by atoms with Crippen LogP contribution in [0.1, 0.15) is 50.2 Å². The first-order valence-electron chi connectivity index (χ1n) is 11.5. The predicted molar refractivity (Wildman–Crippen MR) is 125 cm³/mol. The fraction of sp³-hybridized carbons (Fsp3) is 0.423. The quantitative estimate of drug-likeness (QED) is 0.577. The van der Waals surface area contributed by atoms with E-state index in [1.54, 1.807) is 13.8 Å². The van der Waals surface area contributed by atoms with Crippen molar-refractivity contribution in [2.24, 2.45) is 0 Å². The van der Waals surface area contributed by atoms with Crippen molar-refractivity contribution in [1.82, 2.24) is 10.2 Å². The van der Waals surface area contributed by atoms with Crippen LogP contribution >= 0.6 is 0 Å². The molecule has 0 bridgehead atoms. The Labute approximate surface area is 198 Å². The molecule has 4 rings (SSSR count). The molecular formula is C26H30N2O6. The van der Waals surface area contributed by atoms with Crippen LogP contribution in [0.15, 0.2) is 48.5 Å². The Morgan fingerprint density at radius 2 is 1.68 bits per heavy atom. The van der Waals surface area contributed by atoms with Crippen LogP contribution in [0, 0.1) is 0 Å². The van der Waals surface area contributed by atoms with Gasteiger partial charge in [-0.1, -0.05) is 48.5 Å². The van der Waals surface area contributed by atoms with E-state index in [9.17, 15) is 19.5 Å². The van der Waals surface area contributed by atoms with Crippen LogP contribution in [0.5, 0.6) is 0 Å². The molecule has 2 aromatic rings. The molecule has 1 saturated heterocycles. The molecule has 34 heavy (non-hydrogen) atoms. The zero-order valence-electron chi connectivity index (χ0n) is 19.4. The van der Waals surface area contributed by atoms with E-state index in [4.69, 9.17) is 9.84 Å². The van der Waals surface area contributed by atoms with Crippen LogP contribution in [-0.2, 0) is 14.3 Å². The first-order valence-corrected chi connectivity index (χ1v) is 11.5. The van der Waals surface area contributed by atoms with Crippen molar-refractivity contribution in [1.29, 1.82) is 0 Å². The lowest BCUT2D eigenvalue weighted by atomic mass is 9.97. The number of amides is 2. The highest BCUT2D eigenvalue weighted by molar-refractivity contribution is 5.87. The second-order valence-corrected chi connectivity index (χ2v) is 9.40. The van der Waals surface area contributed by atoms with E-state index >= 15 is 0 Å². The first kappa shape index (κ1) is 23.8. The second-order valence-electron chi connectivity index (χ2n) is 9.40. The number of carboxylic acids is 1.